The van der Waals surface area contributed by atoms with Crippen LogP contribution in [-0.4, -0.2) is 42.4 Å². The summed E-state index contributed by atoms with van der Waals surface area (Å²) < 4.78 is 11.8. The number of nitrogens with zero attached hydrogens (tertiary/aromatic N) is 1. The van der Waals surface area contributed by atoms with Crippen LogP contribution in [0, 0.1) is 0 Å². The van der Waals surface area contributed by atoms with Crippen molar-refractivity contribution in [3.8, 4) is 11.5 Å². The summed E-state index contributed by atoms with van der Waals surface area (Å²) in [5, 5.41) is 5.54. The lowest BCUT2D eigenvalue weighted by molar-refractivity contribution is -0.128. The van der Waals surface area contributed by atoms with Crippen molar-refractivity contribution < 1.29 is 23.9 Å². The Bertz CT molecular complexity index is 1110. The predicted molar refractivity (Wildman–Crippen MR) is 134 cm³/mol. The van der Waals surface area contributed by atoms with Gasteiger partial charge < -0.3 is 25.0 Å². The number of methoxy groups -OCH3 is 1. The normalized spacial score (nSPS) is 18.0. The van der Waals surface area contributed by atoms with E-state index in [-0.39, 0.29) is 29.7 Å². The molecule has 0 bridgehead atoms. The van der Waals surface area contributed by atoms with Crippen LogP contribution in [0.2, 0.25) is 0 Å². The first-order chi connectivity index (χ1) is 16.8. The lowest BCUT2D eigenvalue weighted by atomic mass is 9.98. The molecule has 8 heteroatoms. The lowest BCUT2D eigenvalue weighted by Gasteiger charge is -2.21. The SMILES string of the molecule is COc1ccc([C@H]2CC(=O)N(Cc3ccc(NC(C)=O)cc3NC(C)=O)C2)cc1OC1CCCC1. The molecule has 4 rings (SSSR count). The summed E-state index contributed by atoms with van der Waals surface area (Å²) in [6, 6.07) is 11.3. The molecule has 186 valence electrons. The van der Waals surface area contributed by atoms with Crippen molar-refractivity contribution in [2.45, 2.75) is 64.5 Å². The second-order valence-electron chi connectivity index (χ2n) is 9.34. The Labute approximate surface area is 206 Å². The second kappa shape index (κ2) is 10.8. The lowest BCUT2D eigenvalue weighted by Crippen LogP contribution is -2.25. The van der Waals surface area contributed by atoms with E-state index in [1.165, 1.54) is 26.7 Å². The summed E-state index contributed by atoms with van der Waals surface area (Å²) >= 11 is 0. The van der Waals surface area contributed by atoms with Gasteiger partial charge in [-0.05, 0) is 61.1 Å². The minimum atomic E-state index is -0.218. The number of likely N-dealkylation sites (tertiary alicyclic amines) is 1. The first-order valence-corrected chi connectivity index (χ1v) is 12.1. The zero-order valence-corrected chi connectivity index (χ0v) is 20.6. The highest BCUT2D eigenvalue weighted by Gasteiger charge is 2.32. The van der Waals surface area contributed by atoms with Gasteiger partial charge in [0.2, 0.25) is 17.7 Å². The van der Waals surface area contributed by atoms with Crippen molar-refractivity contribution in [2.75, 3.05) is 24.3 Å². The molecule has 0 radical (unpaired) electrons. The minimum Gasteiger partial charge on any atom is -0.493 e. The van der Waals surface area contributed by atoms with Crippen molar-refractivity contribution in [1.29, 1.82) is 0 Å². The zero-order valence-electron chi connectivity index (χ0n) is 20.6. The third-order valence-electron chi connectivity index (χ3n) is 6.57. The molecule has 2 aromatic carbocycles. The van der Waals surface area contributed by atoms with Crippen molar-refractivity contribution in [3.63, 3.8) is 0 Å². The third kappa shape index (κ3) is 6.12. The Kier molecular flexibility index (Phi) is 7.58. The molecule has 2 aliphatic rings. The fourth-order valence-corrected chi connectivity index (χ4v) is 4.88. The molecule has 1 aliphatic carbocycles. The molecule has 2 fully saturated rings. The second-order valence-corrected chi connectivity index (χ2v) is 9.34. The van der Waals surface area contributed by atoms with Gasteiger partial charge in [-0.1, -0.05) is 12.1 Å². The summed E-state index contributed by atoms with van der Waals surface area (Å²) in [5.74, 6) is 1.14. The van der Waals surface area contributed by atoms with Crippen LogP contribution >= 0.6 is 0 Å². The number of carbonyl (C=O) groups excluding carboxylic acids is 3. The van der Waals surface area contributed by atoms with Gasteiger partial charge in [0, 0.05) is 50.7 Å². The van der Waals surface area contributed by atoms with E-state index in [0.29, 0.717) is 36.6 Å². The summed E-state index contributed by atoms with van der Waals surface area (Å²) in [6.45, 7) is 3.80. The predicted octanol–water partition coefficient (Wildman–Crippen LogP) is 4.45. The number of hydrogen-bond acceptors (Lipinski definition) is 5. The summed E-state index contributed by atoms with van der Waals surface area (Å²) in [4.78, 5) is 37.9. The number of hydrogen-bond donors (Lipinski definition) is 2. The van der Waals surface area contributed by atoms with Crippen LogP contribution in [0.15, 0.2) is 36.4 Å². The number of benzene rings is 2. The quantitative estimate of drug-likeness (QED) is 0.583. The molecule has 0 spiro atoms. The maximum atomic E-state index is 12.9. The Hall–Kier alpha value is -3.55. The molecule has 1 aliphatic heterocycles. The van der Waals surface area contributed by atoms with Gasteiger partial charge in [0.15, 0.2) is 11.5 Å². The van der Waals surface area contributed by atoms with E-state index in [1.807, 2.05) is 29.2 Å². The summed E-state index contributed by atoms with van der Waals surface area (Å²) in [6.07, 6.45) is 5.11. The van der Waals surface area contributed by atoms with Crippen molar-refractivity contribution in [3.05, 3.63) is 47.5 Å². The van der Waals surface area contributed by atoms with Crippen molar-refractivity contribution >= 4 is 29.1 Å². The Morgan fingerprint density at radius 2 is 1.74 bits per heavy atom. The van der Waals surface area contributed by atoms with Gasteiger partial charge in [0.25, 0.3) is 0 Å². The topological polar surface area (TPSA) is 97.0 Å². The van der Waals surface area contributed by atoms with Gasteiger partial charge in [-0.2, -0.15) is 0 Å². The van der Waals surface area contributed by atoms with E-state index >= 15 is 0 Å². The van der Waals surface area contributed by atoms with Crippen LogP contribution in [0.3, 0.4) is 0 Å². The third-order valence-corrected chi connectivity index (χ3v) is 6.57. The van der Waals surface area contributed by atoms with E-state index in [1.54, 1.807) is 19.2 Å². The molecule has 3 amide bonds. The molecule has 1 atom stereocenters. The molecule has 2 aromatic rings. The van der Waals surface area contributed by atoms with Crippen molar-refractivity contribution in [2.24, 2.45) is 0 Å². The maximum Gasteiger partial charge on any atom is 0.223 e. The Balaban J connectivity index is 1.50. The van der Waals surface area contributed by atoms with Gasteiger partial charge in [0.05, 0.1) is 13.2 Å². The number of rotatable bonds is 8. The molecular weight excluding hydrogens is 446 g/mol. The fraction of sp³-hybridized carbons (Fsp3) is 0.444. The molecular formula is C27H33N3O5. The molecule has 2 N–H and O–H groups in total. The first-order valence-electron chi connectivity index (χ1n) is 12.1. The van der Waals surface area contributed by atoms with E-state index in [9.17, 15) is 14.4 Å². The van der Waals surface area contributed by atoms with E-state index in [2.05, 4.69) is 10.6 Å². The van der Waals surface area contributed by atoms with Crippen LogP contribution < -0.4 is 20.1 Å². The average Bonchev–Trinajstić information content (AvgIpc) is 3.44. The number of anilines is 2. The molecule has 8 nitrogen and oxygen atoms in total. The van der Waals surface area contributed by atoms with E-state index in [4.69, 9.17) is 9.47 Å². The average molecular weight is 480 g/mol. The first kappa shape index (κ1) is 24.6. The van der Waals surface area contributed by atoms with E-state index < -0.39 is 0 Å². The minimum absolute atomic E-state index is 0.0437. The van der Waals surface area contributed by atoms with Crippen LogP contribution in [0.1, 0.15) is 63.0 Å². The van der Waals surface area contributed by atoms with Gasteiger partial charge >= 0.3 is 0 Å². The number of carbonyl (C=O) groups is 3. The van der Waals surface area contributed by atoms with Gasteiger partial charge in [-0.3, -0.25) is 14.4 Å². The molecule has 1 saturated heterocycles. The van der Waals surface area contributed by atoms with Gasteiger partial charge in [-0.25, -0.2) is 0 Å². The van der Waals surface area contributed by atoms with Crippen molar-refractivity contribution in [1.82, 2.24) is 4.90 Å². The fourth-order valence-electron chi connectivity index (χ4n) is 4.88. The van der Waals surface area contributed by atoms with Gasteiger partial charge in [0.1, 0.15) is 0 Å². The zero-order chi connectivity index (χ0) is 24.9. The maximum absolute atomic E-state index is 12.9. The summed E-state index contributed by atoms with van der Waals surface area (Å²) in [7, 11) is 1.64. The Morgan fingerprint density at radius 3 is 2.43 bits per heavy atom. The highest BCUT2D eigenvalue weighted by atomic mass is 16.5. The molecule has 0 aromatic heterocycles. The number of amides is 3. The van der Waals surface area contributed by atoms with Crippen LogP contribution in [0.4, 0.5) is 11.4 Å². The van der Waals surface area contributed by atoms with Crippen LogP contribution in [-0.2, 0) is 20.9 Å². The van der Waals surface area contributed by atoms with Crippen LogP contribution in [0.25, 0.3) is 0 Å². The molecule has 1 saturated carbocycles. The van der Waals surface area contributed by atoms with Gasteiger partial charge in [-0.15, -0.1) is 0 Å². The largest absolute Gasteiger partial charge is 0.493 e. The van der Waals surface area contributed by atoms with Crippen LogP contribution in [0.5, 0.6) is 11.5 Å². The van der Waals surface area contributed by atoms with E-state index in [0.717, 1.165) is 29.7 Å². The molecule has 35 heavy (non-hydrogen) atoms. The molecule has 0 unspecified atom stereocenters. The smallest absolute Gasteiger partial charge is 0.223 e. The standard InChI is InChI=1S/C27H33N3O5/c1-17(31)28-22-10-8-20(24(14-22)29-18(2)32)15-30-16-21(13-27(30)33)19-9-11-25(34-3)26(12-19)35-23-6-4-5-7-23/h8-12,14,21,23H,4-7,13,15-16H2,1-3H3,(H,28,31)(H,29,32)/t21-/m0/s1. The monoisotopic (exact) mass is 479 g/mol. The highest BCUT2D eigenvalue weighted by molar-refractivity contribution is 5.93. The number of nitrogens with one attached hydrogen (secondary N) is 2. The Morgan fingerprint density at radius 1 is 1.00 bits per heavy atom. The highest BCUT2D eigenvalue weighted by Crippen LogP contribution is 2.37. The summed E-state index contributed by atoms with van der Waals surface area (Å²) in [5.41, 5.74) is 3.03. The molecule has 1 heterocycles. The number of ether oxygens (including phenoxy) is 2.